The van der Waals surface area contributed by atoms with Crippen molar-refractivity contribution in [1.82, 2.24) is 4.90 Å². The average molecular weight is 167 g/mol. The van der Waals surface area contributed by atoms with Gasteiger partial charge in [0.2, 0.25) is 0 Å². The van der Waals surface area contributed by atoms with E-state index in [1.165, 1.54) is 19.5 Å². The number of hydrogen-bond acceptors (Lipinski definition) is 2. The molecule has 1 saturated carbocycles. The van der Waals surface area contributed by atoms with Crippen LogP contribution in [0.2, 0.25) is 0 Å². The van der Waals surface area contributed by atoms with E-state index in [0.717, 1.165) is 24.7 Å². The number of piperidine rings is 1. The summed E-state index contributed by atoms with van der Waals surface area (Å²) in [6.07, 6.45) is 2.52. The molecule has 0 aromatic carbocycles. The monoisotopic (exact) mass is 167 g/mol. The highest BCUT2D eigenvalue weighted by atomic mass is 16.1. The maximum Gasteiger partial charge on any atom is 0.126 e. The van der Waals surface area contributed by atoms with E-state index in [-0.39, 0.29) is 5.41 Å². The third-order valence-electron chi connectivity index (χ3n) is 3.00. The van der Waals surface area contributed by atoms with E-state index in [2.05, 4.69) is 4.90 Å². The molecule has 2 rings (SSSR count). The number of fused-ring (bicyclic) bond motifs is 1. The Morgan fingerprint density at radius 3 is 2.50 bits per heavy atom. The molecule has 0 spiro atoms. The van der Waals surface area contributed by atoms with Crippen LogP contribution in [-0.2, 0) is 4.79 Å². The molecular formula is C10H17NO. The van der Waals surface area contributed by atoms with Crippen molar-refractivity contribution in [2.45, 2.75) is 20.3 Å². The predicted octanol–water partition coefficient (Wildman–Crippen LogP) is 1.16. The van der Waals surface area contributed by atoms with Crippen LogP contribution in [0.25, 0.3) is 0 Å². The summed E-state index contributed by atoms with van der Waals surface area (Å²) in [6.45, 7) is 7.46. The Morgan fingerprint density at radius 1 is 1.42 bits per heavy atom. The molecule has 1 aliphatic heterocycles. The van der Waals surface area contributed by atoms with Gasteiger partial charge >= 0.3 is 0 Å². The first-order chi connectivity index (χ1) is 5.61. The van der Waals surface area contributed by atoms with Gasteiger partial charge in [0, 0.05) is 25.0 Å². The third kappa shape index (κ3) is 1.53. The van der Waals surface area contributed by atoms with Gasteiger partial charge in [-0.3, -0.25) is 0 Å². The quantitative estimate of drug-likeness (QED) is 0.588. The van der Waals surface area contributed by atoms with Gasteiger partial charge in [-0.15, -0.1) is 0 Å². The number of carbonyl (C=O) groups excluding carboxylic acids is 1. The average Bonchev–Trinajstić information content (AvgIpc) is 2.59. The SMILES string of the molecule is CC(C)(C=O)CN1CC2CC2C1. The fraction of sp³-hybridized carbons (Fsp3) is 0.900. The molecule has 0 aromatic rings. The van der Waals surface area contributed by atoms with Crippen LogP contribution >= 0.6 is 0 Å². The normalized spacial score (nSPS) is 34.8. The highest BCUT2D eigenvalue weighted by molar-refractivity contribution is 5.58. The molecule has 12 heavy (non-hydrogen) atoms. The number of nitrogens with zero attached hydrogens (tertiary/aromatic N) is 1. The smallest absolute Gasteiger partial charge is 0.126 e. The van der Waals surface area contributed by atoms with Gasteiger partial charge in [-0.05, 0) is 18.3 Å². The molecule has 0 amide bonds. The zero-order chi connectivity index (χ0) is 8.77. The zero-order valence-corrected chi connectivity index (χ0v) is 7.92. The van der Waals surface area contributed by atoms with E-state index >= 15 is 0 Å². The molecule has 2 nitrogen and oxygen atoms in total. The van der Waals surface area contributed by atoms with Crippen LogP contribution < -0.4 is 0 Å². The van der Waals surface area contributed by atoms with Gasteiger partial charge in [0.25, 0.3) is 0 Å². The zero-order valence-electron chi connectivity index (χ0n) is 7.92. The summed E-state index contributed by atoms with van der Waals surface area (Å²) in [4.78, 5) is 13.1. The Labute approximate surface area is 73.9 Å². The van der Waals surface area contributed by atoms with Crippen molar-refractivity contribution in [3.63, 3.8) is 0 Å². The first kappa shape index (κ1) is 8.24. The van der Waals surface area contributed by atoms with Crippen LogP contribution in [-0.4, -0.2) is 30.8 Å². The van der Waals surface area contributed by atoms with E-state index in [1.807, 2.05) is 13.8 Å². The van der Waals surface area contributed by atoms with E-state index in [9.17, 15) is 4.79 Å². The Bertz CT molecular complexity index is 190. The highest BCUT2D eigenvalue weighted by Crippen LogP contribution is 2.45. The first-order valence-electron chi connectivity index (χ1n) is 4.79. The van der Waals surface area contributed by atoms with Crippen LogP contribution in [0, 0.1) is 17.3 Å². The predicted molar refractivity (Wildman–Crippen MR) is 47.9 cm³/mol. The van der Waals surface area contributed by atoms with Gasteiger partial charge in [-0.1, -0.05) is 13.8 Å². The summed E-state index contributed by atoms with van der Waals surface area (Å²) >= 11 is 0. The van der Waals surface area contributed by atoms with Crippen molar-refractivity contribution in [2.24, 2.45) is 17.3 Å². The minimum Gasteiger partial charge on any atom is -0.303 e. The third-order valence-corrected chi connectivity index (χ3v) is 3.00. The van der Waals surface area contributed by atoms with Crippen LogP contribution in [0.3, 0.4) is 0 Å². The minimum atomic E-state index is -0.142. The van der Waals surface area contributed by atoms with Gasteiger partial charge < -0.3 is 9.69 Å². The summed E-state index contributed by atoms with van der Waals surface area (Å²) in [5.41, 5.74) is -0.142. The molecule has 1 aliphatic carbocycles. The first-order valence-corrected chi connectivity index (χ1v) is 4.79. The Morgan fingerprint density at radius 2 is 2.00 bits per heavy atom. The Hall–Kier alpha value is -0.370. The molecule has 1 heterocycles. The fourth-order valence-electron chi connectivity index (χ4n) is 2.24. The summed E-state index contributed by atoms with van der Waals surface area (Å²) in [5.74, 6) is 1.96. The number of carbonyl (C=O) groups is 1. The van der Waals surface area contributed by atoms with Crippen molar-refractivity contribution < 1.29 is 4.79 Å². The number of rotatable bonds is 3. The Balaban J connectivity index is 1.83. The van der Waals surface area contributed by atoms with E-state index in [0.29, 0.717) is 0 Å². The second-order valence-electron chi connectivity index (χ2n) is 5.06. The minimum absolute atomic E-state index is 0.142. The molecule has 2 unspecified atom stereocenters. The molecule has 0 aromatic heterocycles. The van der Waals surface area contributed by atoms with Crippen molar-refractivity contribution in [3.8, 4) is 0 Å². The molecule has 0 radical (unpaired) electrons. The van der Waals surface area contributed by atoms with Gasteiger partial charge in [0.1, 0.15) is 6.29 Å². The number of hydrogen-bond donors (Lipinski definition) is 0. The molecule has 2 fully saturated rings. The standard InChI is InChI=1S/C10H17NO/c1-10(2,7-12)6-11-4-8-3-9(8)5-11/h7-9H,3-6H2,1-2H3. The molecular weight excluding hydrogens is 150 g/mol. The lowest BCUT2D eigenvalue weighted by Crippen LogP contribution is -2.34. The molecule has 2 aliphatic rings. The van der Waals surface area contributed by atoms with Crippen molar-refractivity contribution in [3.05, 3.63) is 0 Å². The molecule has 0 bridgehead atoms. The fourth-order valence-corrected chi connectivity index (χ4v) is 2.24. The second-order valence-corrected chi connectivity index (χ2v) is 5.06. The van der Waals surface area contributed by atoms with E-state index in [1.54, 1.807) is 0 Å². The lowest BCUT2D eigenvalue weighted by Gasteiger charge is -2.25. The highest BCUT2D eigenvalue weighted by Gasteiger charge is 2.45. The summed E-state index contributed by atoms with van der Waals surface area (Å²) < 4.78 is 0. The van der Waals surface area contributed by atoms with Crippen LogP contribution in [0.5, 0.6) is 0 Å². The van der Waals surface area contributed by atoms with Gasteiger partial charge in [0.15, 0.2) is 0 Å². The molecule has 1 saturated heterocycles. The van der Waals surface area contributed by atoms with Crippen LogP contribution in [0.4, 0.5) is 0 Å². The number of aldehydes is 1. The topological polar surface area (TPSA) is 20.3 Å². The molecule has 2 atom stereocenters. The van der Waals surface area contributed by atoms with Crippen LogP contribution in [0.15, 0.2) is 0 Å². The molecule has 0 N–H and O–H groups in total. The maximum absolute atomic E-state index is 10.7. The summed E-state index contributed by atoms with van der Waals surface area (Å²) in [5, 5.41) is 0. The molecule has 2 heteroatoms. The van der Waals surface area contributed by atoms with Crippen LogP contribution in [0.1, 0.15) is 20.3 Å². The molecule has 68 valence electrons. The maximum atomic E-state index is 10.7. The van der Waals surface area contributed by atoms with E-state index < -0.39 is 0 Å². The van der Waals surface area contributed by atoms with Crippen molar-refractivity contribution in [1.29, 1.82) is 0 Å². The summed E-state index contributed by atoms with van der Waals surface area (Å²) in [7, 11) is 0. The van der Waals surface area contributed by atoms with Gasteiger partial charge in [-0.25, -0.2) is 0 Å². The van der Waals surface area contributed by atoms with E-state index in [4.69, 9.17) is 0 Å². The summed E-state index contributed by atoms with van der Waals surface area (Å²) in [6, 6.07) is 0. The second kappa shape index (κ2) is 2.56. The van der Waals surface area contributed by atoms with Gasteiger partial charge in [0.05, 0.1) is 0 Å². The van der Waals surface area contributed by atoms with Crippen molar-refractivity contribution in [2.75, 3.05) is 19.6 Å². The lowest BCUT2D eigenvalue weighted by atomic mass is 9.95. The lowest BCUT2D eigenvalue weighted by molar-refractivity contribution is -0.115. The largest absolute Gasteiger partial charge is 0.303 e. The van der Waals surface area contributed by atoms with Crippen molar-refractivity contribution >= 4 is 6.29 Å². The number of likely N-dealkylation sites (tertiary alicyclic amines) is 1. The van der Waals surface area contributed by atoms with Gasteiger partial charge in [-0.2, -0.15) is 0 Å². The Kier molecular flexibility index (Phi) is 1.76.